The van der Waals surface area contributed by atoms with Crippen molar-refractivity contribution in [1.29, 1.82) is 0 Å². The van der Waals surface area contributed by atoms with Crippen LogP contribution in [0.3, 0.4) is 0 Å². The maximum absolute atomic E-state index is 12.6. The van der Waals surface area contributed by atoms with Gasteiger partial charge in [0, 0.05) is 32.8 Å². The Bertz CT molecular complexity index is 572. The highest BCUT2D eigenvalue weighted by Gasteiger charge is 2.46. The second-order valence-corrected chi connectivity index (χ2v) is 6.05. The van der Waals surface area contributed by atoms with E-state index in [0.717, 1.165) is 31.5 Å². The fraction of sp³-hybridized carbons (Fsp3) is 0.600. The molecule has 3 rings (SSSR count). The van der Waals surface area contributed by atoms with Gasteiger partial charge in [-0.15, -0.1) is 0 Å². The molecule has 0 saturated carbocycles. The number of carbonyl (C=O) groups is 2. The number of carbonyl (C=O) groups excluding carboxylic acids is 2. The number of rotatable bonds is 1. The van der Waals surface area contributed by atoms with Gasteiger partial charge in [0.05, 0.1) is 17.4 Å². The van der Waals surface area contributed by atoms with Crippen molar-refractivity contribution < 1.29 is 9.59 Å². The molecule has 2 fully saturated rings. The van der Waals surface area contributed by atoms with Crippen molar-refractivity contribution in [2.45, 2.75) is 38.1 Å². The van der Waals surface area contributed by atoms with Gasteiger partial charge in [-0.3, -0.25) is 14.6 Å². The summed E-state index contributed by atoms with van der Waals surface area (Å²) >= 11 is 0. The van der Waals surface area contributed by atoms with Crippen molar-refractivity contribution in [2.75, 3.05) is 20.1 Å². The maximum Gasteiger partial charge on any atom is 0.274 e. The molecule has 0 aliphatic carbocycles. The minimum Gasteiger partial charge on any atom is -0.338 e. The van der Waals surface area contributed by atoms with E-state index in [1.165, 1.54) is 6.20 Å². The molecule has 1 unspecified atom stereocenters. The molecule has 0 aromatic carbocycles. The summed E-state index contributed by atoms with van der Waals surface area (Å²) in [7, 11) is 1.86. The Morgan fingerprint density at radius 3 is 2.71 bits per heavy atom. The van der Waals surface area contributed by atoms with Crippen LogP contribution in [0, 0.1) is 6.92 Å². The first-order valence-corrected chi connectivity index (χ1v) is 7.36. The highest BCUT2D eigenvalue weighted by atomic mass is 16.2. The zero-order chi connectivity index (χ0) is 15.0. The summed E-state index contributed by atoms with van der Waals surface area (Å²) in [6.07, 6.45) is 6.45. The molecule has 3 heterocycles. The minimum absolute atomic E-state index is 0.0886. The van der Waals surface area contributed by atoms with Gasteiger partial charge in [0.25, 0.3) is 5.91 Å². The first-order valence-electron chi connectivity index (χ1n) is 7.36. The molecule has 2 amide bonds. The fourth-order valence-corrected chi connectivity index (χ4v) is 3.37. The molecule has 2 aliphatic heterocycles. The lowest BCUT2D eigenvalue weighted by atomic mass is 9.86. The molecular formula is C15H20N4O2. The number of likely N-dealkylation sites (N-methyl/N-ethyl adjacent to an activating group) is 1. The van der Waals surface area contributed by atoms with Gasteiger partial charge in [-0.25, -0.2) is 4.98 Å². The van der Waals surface area contributed by atoms with E-state index < -0.39 is 0 Å². The molecule has 6 heteroatoms. The number of amides is 2. The summed E-state index contributed by atoms with van der Waals surface area (Å²) < 4.78 is 0. The summed E-state index contributed by atoms with van der Waals surface area (Å²) in [5.74, 6) is 0.0914. The molecule has 112 valence electrons. The van der Waals surface area contributed by atoms with Gasteiger partial charge < -0.3 is 9.80 Å². The molecule has 0 N–H and O–H groups in total. The van der Waals surface area contributed by atoms with E-state index in [1.54, 1.807) is 6.20 Å². The van der Waals surface area contributed by atoms with Crippen LogP contribution in [0.15, 0.2) is 12.4 Å². The van der Waals surface area contributed by atoms with E-state index in [2.05, 4.69) is 9.97 Å². The highest BCUT2D eigenvalue weighted by molar-refractivity contribution is 5.92. The molecule has 0 bridgehead atoms. The summed E-state index contributed by atoms with van der Waals surface area (Å²) in [4.78, 5) is 36.4. The SMILES string of the molecule is Cc1cnc(C(=O)N2CCCC3(CCC(=O)N3C)C2)cn1. The lowest BCUT2D eigenvalue weighted by Crippen LogP contribution is -2.56. The average Bonchev–Trinajstić information content (AvgIpc) is 2.76. The Kier molecular flexibility index (Phi) is 3.39. The molecule has 21 heavy (non-hydrogen) atoms. The second-order valence-electron chi connectivity index (χ2n) is 6.05. The van der Waals surface area contributed by atoms with Gasteiger partial charge in [0.15, 0.2) is 0 Å². The zero-order valence-corrected chi connectivity index (χ0v) is 12.5. The second kappa shape index (κ2) is 5.09. The van der Waals surface area contributed by atoms with Crippen LogP contribution in [0.1, 0.15) is 41.9 Å². The molecule has 2 saturated heterocycles. The van der Waals surface area contributed by atoms with Gasteiger partial charge in [-0.1, -0.05) is 0 Å². The van der Waals surface area contributed by atoms with E-state index in [4.69, 9.17) is 0 Å². The van der Waals surface area contributed by atoms with E-state index in [9.17, 15) is 9.59 Å². The van der Waals surface area contributed by atoms with Crippen LogP contribution in [0.5, 0.6) is 0 Å². The molecule has 1 spiro atoms. The van der Waals surface area contributed by atoms with Crippen LogP contribution in [-0.4, -0.2) is 57.3 Å². The first kappa shape index (κ1) is 14.0. The molecule has 1 aromatic rings. The third kappa shape index (κ3) is 2.39. The summed E-state index contributed by atoms with van der Waals surface area (Å²) in [5, 5.41) is 0. The number of likely N-dealkylation sites (tertiary alicyclic amines) is 2. The Labute approximate surface area is 124 Å². The van der Waals surface area contributed by atoms with E-state index in [0.29, 0.717) is 18.7 Å². The van der Waals surface area contributed by atoms with Gasteiger partial charge in [0.2, 0.25) is 5.91 Å². The first-order chi connectivity index (χ1) is 10.0. The Hall–Kier alpha value is -1.98. The third-order valence-corrected chi connectivity index (χ3v) is 4.73. The van der Waals surface area contributed by atoms with Crippen LogP contribution >= 0.6 is 0 Å². The standard InChI is InChI=1S/C15H20N4O2/c1-11-8-17-12(9-16-11)14(21)19-7-3-5-15(10-19)6-4-13(20)18(15)2/h8-9H,3-7,10H2,1-2H3. The normalized spacial score (nSPS) is 25.7. The lowest BCUT2D eigenvalue weighted by Gasteiger charge is -2.44. The van der Waals surface area contributed by atoms with E-state index >= 15 is 0 Å². The number of hydrogen-bond acceptors (Lipinski definition) is 4. The number of piperidine rings is 1. The molecule has 1 atom stereocenters. The van der Waals surface area contributed by atoms with Crippen molar-refractivity contribution in [2.24, 2.45) is 0 Å². The van der Waals surface area contributed by atoms with Crippen molar-refractivity contribution in [3.8, 4) is 0 Å². The lowest BCUT2D eigenvalue weighted by molar-refractivity contribution is -0.130. The summed E-state index contributed by atoms with van der Waals surface area (Å²) in [6, 6.07) is 0. The predicted molar refractivity (Wildman–Crippen MR) is 76.6 cm³/mol. The molecule has 6 nitrogen and oxygen atoms in total. The molecular weight excluding hydrogens is 268 g/mol. The predicted octanol–water partition coefficient (Wildman–Crippen LogP) is 1.01. The van der Waals surface area contributed by atoms with Crippen LogP contribution in [-0.2, 0) is 4.79 Å². The van der Waals surface area contributed by atoms with Crippen LogP contribution in [0.25, 0.3) is 0 Å². The molecule has 0 radical (unpaired) electrons. The van der Waals surface area contributed by atoms with Gasteiger partial charge in [-0.2, -0.15) is 0 Å². The fourth-order valence-electron chi connectivity index (χ4n) is 3.37. The van der Waals surface area contributed by atoms with Crippen LogP contribution < -0.4 is 0 Å². The Balaban J connectivity index is 1.78. The summed E-state index contributed by atoms with van der Waals surface area (Å²) in [6.45, 7) is 3.16. The van der Waals surface area contributed by atoms with Crippen molar-refractivity contribution in [3.63, 3.8) is 0 Å². The van der Waals surface area contributed by atoms with Crippen molar-refractivity contribution in [3.05, 3.63) is 23.8 Å². The van der Waals surface area contributed by atoms with E-state index in [1.807, 2.05) is 23.8 Å². The van der Waals surface area contributed by atoms with Gasteiger partial charge >= 0.3 is 0 Å². The number of aryl methyl sites for hydroxylation is 1. The van der Waals surface area contributed by atoms with Crippen LogP contribution in [0.2, 0.25) is 0 Å². The molecule has 2 aliphatic rings. The quantitative estimate of drug-likeness (QED) is 0.773. The number of aromatic nitrogens is 2. The summed E-state index contributed by atoms with van der Waals surface area (Å²) in [5.41, 5.74) is 0.996. The van der Waals surface area contributed by atoms with Gasteiger partial charge in [-0.05, 0) is 26.2 Å². The zero-order valence-electron chi connectivity index (χ0n) is 12.5. The number of hydrogen-bond donors (Lipinski definition) is 0. The topological polar surface area (TPSA) is 66.4 Å². The maximum atomic E-state index is 12.6. The average molecular weight is 288 g/mol. The highest BCUT2D eigenvalue weighted by Crippen LogP contribution is 2.36. The number of nitrogens with zero attached hydrogens (tertiary/aromatic N) is 4. The smallest absolute Gasteiger partial charge is 0.274 e. The van der Waals surface area contributed by atoms with Crippen LogP contribution in [0.4, 0.5) is 0 Å². The van der Waals surface area contributed by atoms with Crippen molar-refractivity contribution in [1.82, 2.24) is 19.8 Å². The monoisotopic (exact) mass is 288 g/mol. The largest absolute Gasteiger partial charge is 0.338 e. The Morgan fingerprint density at radius 2 is 2.10 bits per heavy atom. The third-order valence-electron chi connectivity index (χ3n) is 4.73. The molecule has 1 aromatic heterocycles. The van der Waals surface area contributed by atoms with Gasteiger partial charge in [0.1, 0.15) is 5.69 Å². The Morgan fingerprint density at radius 1 is 1.29 bits per heavy atom. The van der Waals surface area contributed by atoms with Crippen molar-refractivity contribution >= 4 is 11.8 Å². The van der Waals surface area contributed by atoms with E-state index in [-0.39, 0.29) is 17.4 Å². The minimum atomic E-state index is -0.177.